The van der Waals surface area contributed by atoms with E-state index in [-0.39, 0.29) is 38.8 Å². The van der Waals surface area contributed by atoms with Crippen LogP contribution in [0.25, 0.3) is 0 Å². The molecule has 35 heteroatoms. The topological polar surface area (TPSA) is 80.3 Å². The number of hydrogen-bond acceptors (Lipinski definition) is 4. The van der Waals surface area contributed by atoms with E-state index in [9.17, 15) is 152 Å². The summed E-state index contributed by atoms with van der Waals surface area (Å²) >= 11 is 0. The number of carboxylic acid groups (broad SMARTS) is 2. The molecule has 0 aromatic heterocycles. The van der Waals surface area contributed by atoms with E-state index >= 15 is 0 Å². The van der Waals surface area contributed by atoms with Crippen molar-refractivity contribution in [2.24, 2.45) is 10.8 Å². The first-order chi connectivity index (χ1) is 24.8. The van der Waals surface area contributed by atoms with Gasteiger partial charge in [0.2, 0.25) is 0 Å². The van der Waals surface area contributed by atoms with Gasteiger partial charge in [-0.25, -0.2) is 79.0 Å². The molecular formula is C26H12F30O4Sn. The number of carbonyl (C=O) groups excluding carboxylic acids is 2. The minimum atomic E-state index is -7.90. The van der Waals surface area contributed by atoms with Gasteiger partial charge in [0.15, 0.2) is 10.8 Å². The van der Waals surface area contributed by atoms with Crippen LogP contribution in [0, 0.1) is 10.8 Å². The van der Waals surface area contributed by atoms with Crippen LogP contribution < -0.4 is 10.2 Å². The second-order valence-electron chi connectivity index (χ2n) is 13.8. The first kappa shape index (κ1) is 54.8. The zero-order valence-corrected chi connectivity index (χ0v) is 28.7. The SMILES string of the molecule is C.C.O=C([O-])CC12C(F)(F)C3(F)C(F)(F)C(F)(C(F)(F)C(F)(C3(F)F)C1(F)F)C2(F)F.O=C([O-])CC12C(F)(F)C3(F)C(F)(F)C(F)(C(F)(F)C(F)(C3(F)F)C1(F)F)C2(F)F.[Sn+2]. The predicted molar refractivity (Wildman–Crippen MR) is 126 cm³/mol. The molecule has 0 aromatic carbocycles. The zero-order valence-electron chi connectivity index (χ0n) is 25.9. The Morgan fingerprint density at radius 2 is 0.361 bits per heavy atom. The molecule has 0 amide bonds. The van der Waals surface area contributed by atoms with E-state index in [2.05, 4.69) is 0 Å². The van der Waals surface area contributed by atoms with Crippen molar-refractivity contribution in [3.63, 3.8) is 0 Å². The number of carboxylic acids is 2. The fraction of sp³-hybridized carbons (Fsp3) is 0.923. The molecule has 0 N–H and O–H groups in total. The van der Waals surface area contributed by atoms with Gasteiger partial charge >= 0.3 is 129 Å². The van der Waals surface area contributed by atoms with Crippen molar-refractivity contribution in [3.05, 3.63) is 0 Å². The smallest absolute Gasteiger partial charge is 0.550 e. The molecule has 0 heterocycles. The van der Waals surface area contributed by atoms with Gasteiger partial charge in [-0.05, 0) is 0 Å². The maximum absolute atomic E-state index is 14.5. The van der Waals surface area contributed by atoms with E-state index in [4.69, 9.17) is 0 Å². The second-order valence-corrected chi connectivity index (χ2v) is 13.8. The van der Waals surface area contributed by atoms with Crippen LogP contribution in [0.4, 0.5) is 132 Å². The average molecular weight is 1080 g/mol. The number of carbonyl (C=O) groups is 2. The molecule has 8 saturated carbocycles. The van der Waals surface area contributed by atoms with Crippen LogP contribution >= 0.6 is 0 Å². The third kappa shape index (κ3) is 3.57. The fourth-order valence-corrected chi connectivity index (χ4v) is 9.02. The van der Waals surface area contributed by atoms with Crippen LogP contribution in [-0.2, 0) is 9.59 Å². The Morgan fingerprint density at radius 1 is 0.262 bits per heavy atom. The molecule has 8 bridgehead atoms. The van der Waals surface area contributed by atoms with Crippen LogP contribution in [0.2, 0.25) is 0 Å². The molecule has 0 atom stereocenters. The van der Waals surface area contributed by atoms with Gasteiger partial charge in [-0.2, -0.15) is 52.7 Å². The Balaban J connectivity index is 0.000000400. The van der Waals surface area contributed by atoms with E-state index in [0.717, 1.165) is 0 Å². The fourth-order valence-electron chi connectivity index (χ4n) is 9.02. The molecule has 8 aliphatic carbocycles. The third-order valence-electron chi connectivity index (χ3n) is 11.8. The number of hydrogen-bond donors (Lipinski definition) is 0. The minimum Gasteiger partial charge on any atom is -0.550 e. The molecule has 0 spiro atoms. The van der Waals surface area contributed by atoms with Crippen molar-refractivity contribution >= 4 is 35.8 Å². The quantitative estimate of drug-likeness (QED) is 0.223. The summed E-state index contributed by atoms with van der Waals surface area (Å²) in [5.41, 5.74) is -60.4. The summed E-state index contributed by atoms with van der Waals surface area (Å²) in [6, 6.07) is 0. The standard InChI is InChI=1S/2C12H3F15O2.2CH4.Sn/c2*13-4-7(16,17)3(1-2(28)29)8(18,19)5(14,10(4,22)23)12(26,27)6(15,9(3,20)21)11(4,24)25;;;/h2*1H2,(H,28,29);2*1H4;/q;;;;+2/p-2. The summed E-state index contributed by atoms with van der Waals surface area (Å²) in [7, 11) is 0. The summed E-state index contributed by atoms with van der Waals surface area (Å²) < 4.78 is 426. The van der Waals surface area contributed by atoms with Crippen LogP contribution in [0.15, 0.2) is 0 Å². The maximum Gasteiger partial charge on any atom is 2.00 e. The van der Waals surface area contributed by atoms with Gasteiger partial charge in [0.05, 0.1) is 0 Å². The molecule has 61 heavy (non-hydrogen) atoms. The van der Waals surface area contributed by atoms with Crippen LogP contribution in [0.5, 0.6) is 0 Å². The second kappa shape index (κ2) is 11.7. The molecule has 2 radical (unpaired) electrons. The normalized spacial score (nSPS) is 46.7. The van der Waals surface area contributed by atoms with Crippen molar-refractivity contribution in [2.75, 3.05) is 0 Å². The van der Waals surface area contributed by atoms with Crippen molar-refractivity contribution < 1.29 is 152 Å². The Bertz CT molecular complexity index is 1550. The molecule has 8 fully saturated rings. The van der Waals surface area contributed by atoms with Gasteiger partial charge in [-0.3, -0.25) is 0 Å². The summed E-state index contributed by atoms with van der Waals surface area (Å²) in [6.07, 6.45) is -7.68. The monoisotopic (exact) mass is 1080 g/mol. The van der Waals surface area contributed by atoms with E-state index in [1.165, 1.54) is 0 Å². The van der Waals surface area contributed by atoms with Gasteiger partial charge in [-0.15, -0.1) is 0 Å². The van der Waals surface area contributed by atoms with Gasteiger partial charge in [0.25, 0.3) is 0 Å². The number of rotatable bonds is 4. The molecule has 0 saturated heterocycles. The minimum absolute atomic E-state index is 0. The number of alkyl halides is 30. The predicted octanol–water partition coefficient (Wildman–Crippen LogP) is 7.07. The Kier molecular flexibility index (Phi) is 10.5. The molecular weight excluding hydrogens is 1060 g/mol. The van der Waals surface area contributed by atoms with E-state index in [0.29, 0.717) is 0 Å². The largest absolute Gasteiger partial charge is 2.00 e. The average Bonchev–Trinajstić information content (AvgIpc) is 3.02. The van der Waals surface area contributed by atoms with Gasteiger partial charge in [0, 0.05) is 24.8 Å². The van der Waals surface area contributed by atoms with Crippen LogP contribution in [0.1, 0.15) is 27.7 Å². The molecule has 0 aromatic rings. The summed E-state index contributed by atoms with van der Waals surface area (Å²) in [5, 5.41) is 21.0. The first-order valence-electron chi connectivity index (χ1n) is 13.9. The summed E-state index contributed by atoms with van der Waals surface area (Å²) in [4.78, 5) is 21.0. The Morgan fingerprint density at radius 3 is 0.443 bits per heavy atom. The van der Waals surface area contributed by atoms with Gasteiger partial charge < -0.3 is 19.8 Å². The molecule has 8 aliphatic rings. The van der Waals surface area contributed by atoms with Crippen LogP contribution in [0.3, 0.4) is 0 Å². The van der Waals surface area contributed by atoms with Crippen molar-refractivity contribution in [3.8, 4) is 0 Å². The van der Waals surface area contributed by atoms with Crippen molar-refractivity contribution in [1.82, 2.24) is 0 Å². The Hall–Kier alpha value is -2.36. The molecule has 354 valence electrons. The summed E-state index contributed by atoms with van der Waals surface area (Å²) in [5.74, 6) is -101. The van der Waals surface area contributed by atoms with E-state index < -0.39 is 141 Å². The zero-order chi connectivity index (χ0) is 46.6. The first-order valence-corrected chi connectivity index (χ1v) is 13.9. The van der Waals surface area contributed by atoms with Crippen LogP contribution in [-0.4, -0.2) is 141 Å². The summed E-state index contributed by atoms with van der Waals surface area (Å²) in [6.45, 7) is 0. The van der Waals surface area contributed by atoms with E-state index in [1.54, 1.807) is 0 Å². The van der Waals surface area contributed by atoms with E-state index in [1.807, 2.05) is 0 Å². The van der Waals surface area contributed by atoms with Gasteiger partial charge in [-0.1, -0.05) is 14.9 Å². The third-order valence-corrected chi connectivity index (χ3v) is 11.8. The molecule has 4 nitrogen and oxygen atoms in total. The van der Waals surface area contributed by atoms with Crippen molar-refractivity contribution in [1.29, 1.82) is 0 Å². The van der Waals surface area contributed by atoms with Crippen molar-refractivity contribution in [2.45, 2.75) is 133 Å². The molecule has 0 unspecified atom stereocenters. The Labute approximate surface area is 331 Å². The maximum atomic E-state index is 14.5. The van der Waals surface area contributed by atoms with Gasteiger partial charge in [0.1, 0.15) is 0 Å². The number of halogens is 30. The molecule has 8 rings (SSSR count). The number of aliphatic carboxylic acids is 2. The molecule has 0 aliphatic heterocycles.